The summed E-state index contributed by atoms with van der Waals surface area (Å²) < 4.78 is 0. The van der Waals surface area contributed by atoms with Crippen LogP contribution in [0.5, 0.6) is 11.5 Å². The minimum absolute atomic E-state index is 0.0762. The van der Waals surface area contributed by atoms with Crippen LogP contribution in [0.3, 0.4) is 0 Å². The van der Waals surface area contributed by atoms with Gasteiger partial charge in [-0.25, -0.2) is 9.59 Å². The monoisotopic (exact) mass is 528 g/mol. The molecule has 6 aromatic rings. The van der Waals surface area contributed by atoms with Gasteiger partial charge in [0.2, 0.25) is 0 Å². The third-order valence-electron chi connectivity index (χ3n) is 6.64. The largest absolute Gasteiger partial charge is 0.506 e. The standard InChI is InChI=1S/C22H14O6.C12H10/c23-19-15(21(25)26)9-11-5-1-3-7-13(11)17(19)18-14-8-4-2-6-12(14)10-16(20(18)24)22(27)28;1-3-7-11(8-4-1)12-9-5-2-6-10-12/h1-10,23-24H,(H,25,26)(H,27,28);1-10H. The van der Waals surface area contributed by atoms with Crippen molar-refractivity contribution in [1.29, 1.82) is 0 Å². The molecule has 0 saturated carbocycles. The summed E-state index contributed by atoms with van der Waals surface area (Å²) in [5, 5.41) is 42.6. The van der Waals surface area contributed by atoms with Crippen LogP contribution in [0.4, 0.5) is 0 Å². The molecule has 0 radical (unpaired) electrons. The molecular weight excluding hydrogens is 504 g/mol. The first-order chi connectivity index (χ1) is 19.4. The molecule has 0 aliphatic carbocycles. The van der Waals surface area contributed by atoms with E-state index < -0.39 is 23.4 Å². The molecule has 0 amide bonds. The molecule has 4 N–H and O–H groups in total. The summed E-state index contributed by atoms with van der Waals surface area (Å²) in [6.45, 7) is 0. The zero-order valence-electron chi connectivity index (χ0n) is 21.2. The highest BCUT2D eigenvalue weighted by Crippen LogP contribution is 2.47. The van der Waals surface area contributed by atoms with E-state index in [1.807, 2.05) is 12.1 Å². The Morgan fingerprint density at radius 2 is 0.775 bits per heavy atom. The summed E-state index contributed by atoms with van der Waals surface area (Å²) in [5.41, 5.74) is 2.03. The minimum atomic E-state index is -1.33. The topological polar surface area (TPSA) is 115 Å². The SMILES string of the molecule is O=C(O)c1cc2ccccc2c(-c2c(O)c(C(=O)O)cc3ccccc23)c1O.c1ccc(-c2ccccc2)cc1. The molecular formula is C34H24O6. The predicted molar refractivity (Wildman–Crippen MR) is 156 cm³/mol. The Balaban J connectivity index is 0.000000223. The smallest absolute Gasteiger partial charge is 0.339 e. The Kier molecular flexibility index (Phi) is 7.16. The van der Waals surface area contributed by atoms with Gasteiger partial charge >= 0.3 is 11.9 Å². The number of hydrogen-bond donors (Lipinski definition) is 4. The van der Waals surface area contributed by atoms with Crippen LogP contribution < -0.4 is 0 Å². The summed E-state index contributed by atoms with van der Waals surface area (Å²) in [4.78, 5) is 23.3. The molecule has 6 heteroatoms. The van der Waals surface area contributed by atoms with Crippen molar-refractivity contribution in [3.63, 3.8) is 0 Å². The van der Waals surface area contributed by atoms with Crippen LogP contribution >= 0.6 is 0 Å². The zero-order chi connectivity index (χ0) is 28.2. The molecule has 0 heterocycles. The van der Waals surface area contributed by atoms with Gasteiger partial charge in [-0.3, -0.25) is 0 Å². The van der Waals surface area contributed by atoms with Gasteiger partial charge in [0.05, 0.1) is 0 Å². The predicted octanol–water partition coefficient (Wildman–Crippen LogP) is 7.82. The number of aromatic carboxylic acids is 2. The van der Waals surface area contributed by atoms with Crippen molar-refractivity contribution >= 4 is 33.5 Å². The molecule has 0 fully saturated rings. The number of aromatic hydroxyl groups is 2. The molecule has 0 unspecified atom stereocenters. The minimum Gasteiger partial charge on any atom is -0.506 e. The fraction of sp³-hybridized carbons (Fsp3) is 0. The van der Waals surface area contributed by atoms with Crippen LogP contribution in [0.1, 0.15) is 20.7 Å². The number of carboxylic acids is 2. The third-order valence-corrected chi connectivity index (χ3v) is 6.64. The van der Waals surface area contributed by atoms with Gasteiger partial charge < -0.3 is 20.4 Å². The molecule has 0 aliphatic heterocycles. The molecule has 6 rings (SSSR count). The molecule has 0 bridgehead atoms. The van der Waals surface area contributed by atoms with Gasteiger partial charge in [0.25, 0.3) is 0 Å². The van der Waals surface area contributed by atoms with Crippen molar-refractivity contribution < 1.29 is 30.0 Å². The van der Waals surface area contributed by atoms with Crippen LogP contribution in [-0.4, -0.2) is 32.4 Å². The Morgan fingerprint density at radius 3 is 1.12 bits per heavy atom. The van der Waals surface area contributed by atoms with Crippen molar-refractivity contribution in [3.8, 4) is 33.8 Å². The lowest BCUT2D eigenvalue weighted by atomic mass is 9.89. The van der Waals surface area contributed by atoms with Gasteiger partial charge in [-0.15, -0.1) is 0 Å². The number of hydrogen-bond acceptors (Lipinski definition) is 4. The first kappa shape index (κ1) is 26.0. The lowest BCUT2D eigenvalue weighted by molar-refractivity contribution is 0.0682. The summed E-state index contributed by atoms with van der Waals surface area (Å²) in [7, 11) is 0. The van der Waals surface area contributed by atoms with E-state index in [-0.39, 0.29) is 22.3 Å². The molecule has 6 aromatic carbocycles. The average Bonchev–Trinajstić information content (AvgIpc) is 2.98. The number of carbonyl (C=O) groups is 2. The van der Waals surface area contributed by atoms with Gasteiger partial charge in [0, 0.05) is 11.1 Å². The second-order valence-corrected chi connectivity index (χ2v) is 9.08. The van der Waals surface area contributed by atoms with E-state index in [1.165, 1.54) is 23.3 Å². The number of rotatable bonds is 4. The summed E-state index contributed by atoms with van der Waals surface area (Å²) in [5.74, 6) is -3.73. The van der Waals surface area contributed by atoms with Gasteiger partial charge in [-0.05, 0) is 44.8 Å². The lowest BCUT2D eigenvalue weighted by Gasteiger charge is -2.17. The maximum Gasteiger partial charge on any atom is 0.339 e. The van der Waals surface area contributed by atoms with Crippen LogP contribution in [0.15, 0.2) is 121 Å². The van der Waals surface area contributed by atoms with Gasteiger partial charge in [-0.1, -0.05) is 109 Å². The Hall–Kier alpha value is -5.62. The van der Waals surface area contributed by atoms with E-state index in [0.29, 0.717) is 21.5 Å². The van der Waals surface area contributed by atoms with E-state index in [0.717, 1.165) is 0 Å². The second kappa shape index (κ2) is 11.0. The Bertz CT molecular complexity index is 1720. The normalized spacial score (nSPS) is 10.6. The fourth-order valence-corrected chi connectivity index (χ4v) is 4.77. The molecule has 196 valence electrons. The quantitative estimate of drug-likeness (QED) is 0.185. The van der Waals surface area contributed by atoms with Gasteiger partial charge in [0.1, 0.15) is 22.6 Å². The van der Waals surface area contributed by atoms with Gasteiger partial charge in [-0.2, -0.15) is 0 Å². The summed E-state index contributed by atoms with van der Waals surface area (Å²) >= 11 is 0. The first-order valence-corrected chi connectivity index (χ1v) is 12.4. The van der Waals surface area contributed by atoms with Crippen molar-refractivity contribution in [2.45, 2.75) is 0 Å². The maximum atomic E-state index is 11.7. The van der Waals surface area contributed by atoms with Crippen molar-refractivity contribution in [2.24, 2.45) is 0 Å². The highest BCUT2D eigenvalue weighted by molar-refractivity contribution is 6.15. The highest BCUT2D eigenvalue weighted by atomic mass is 16.4. The van der Waals surface area contributed by atoms with Gasteiger partial charge in [0.15, 0.2) is 0 Å². The third kappa shape index (κ3) is 4.93. The van der Waals surface area contributed by atoms with E-state index in [9.17, 15) is 30.0 Å². The molecule has 0 atom stereocenters. The number of benzene rings is 6. The number of fused-ring (bicyclic) bond motifs is 2. The van der Waals surface area contributed by atoms with Crippen LogP contribution in [0, 0.1) is 0 Å². The summed E-state index contributed by atoms with van der Waals surface area (Å²) in [6.07, 6.45) is 0. The van der Waals surface area contributed by atoms with Crippen molar-refractivity contribution in [3.05, 3.63) is 132 Å². The molecule has 0 aromatic heterocycles. The second-order valence-electron chi connectivity index (χ2n) is 9.08. The molecule has 40 heavy (non-hydrogen) atoms. The average molecular weight is 529 g/mol. The highest BCUT2D eigenvalue weighted by Gasteiger charge is 2.25. The van der Waals surface area contributed by atoms with E-state index in [1.54, 1.807) is 48.5 Å². The van der Waals surface area contributed by atoms with E-state index in [2.05, 4.69) is 48.5 Å². The fourth-order valence-electron chi connectivity index (χ4n) is 4.77. The van der Waals surface area contributed by atoms with Crippen LogP contribution in [0.25, 0.3) is 43.8 Å². The van der Waals surface area contributed by atoms with Crippen LogP contribution in [-0.2, 0) is 0 Å². The van der Waals surface area contributed by atoms with Crippen molar-refractivity contribution in [1.82, 2.24) is 0 Å². The molecule has 0 saturated heterocycles. The number of phenols is 2. The Labute approximate surface area is 229 Å². The lowest BCUT2D eigenvalue weighted by Crippen LogP contribution is -2.01. The summed E-state index contributed by atoms with van der Waals surface area (Å²) in [6, 6.07) is 37.1. The van der Waals surface area contributed by atoms with E-state index >= 15 is 0 Å². The molecule has 0 aliphatic rings. The maximum absolute atomic E-state index is 11.7. The van der Waals surface area contributed by atoms with Crippen LogP contribution in [0.2, 0.25) is 0 Å². The first-order valence-electron chi connectivity index (χ1n) is 12.4. The van der Waals surface area contributed by atoms with Crippen molar-refractivity contribution in [2.75, 3.05) is 0 Å². The van der Waals surface area contributed by atoms with E-state index in [4.69, 9.17) is 0 Å². The number of carboxylic acid groups (broad SMARTS) is 2. The molecule has 6 nitrogen and oxygen atoms in total. The Morgan fingerprint density at radius 1 is 0.450 bits per heavy atom. The zero-order valence-corrected chi connectivity index (χ0v) is 21.2. The molecule has 0 spiro atoms.